The maximum absolute atomic E-state index is 4.61. The van der Waals surface area contributed by atoms with Gasteiger partial charge in [0.15, 0.2) is 0 Å². The second kappa shape index (κ2) is 6.76. The minimum absolute atomic E-state index is 0.163. The normalized spacial score (nSPS) is 16.2. The van der Waals surface area contributed by atoms with E-state index < -0.39 is 0 Å². The lowest BCUT2D eigenvalue weighted by Crippen LogP contribution is -2.19. The molecule has 0 bridgehead atoms. The number of hydrogen-bond acceptors (Lipinski definition) is 8. The molecule has 4 heterocycles. The van der Waals surface area contributed by atoms with E-state index in [0.29, 0.717) is 0 Å². The van der Waals surface area contributed by atoms with Gasteiger partial charge in [-0.15, -0.1) is 22.7 Å². The first-order valence-corrected chi connectivity index (χ1v) is 14.1. The molecule has 0 N–H and O–H groups in total. The Balaban J connectivity index is 1.35. The van der Waals surface area contributed by atoms with Crippen molar-refractivity contribution in [1.82, 2.24) is 17.5 Å². The first-order chi connectivity index (χ1) is 16.3. The van der Waals surface area contributed by atoms with Crippen molar-refractivity contribution in [2.45, 2.75) is 31.1 Å². The van der Waals surface area contributed by atoms with Crippen LogP contribution in [-0.2, 0) is 5.41 Å². The monoisotopic (exact) mass is 500 g/mol. The highest BCUT2D eigenvalue weighted by molar-refractivity contribution is 7.26. The molecule has 8 heteroatoms. The van der Waals surface area contributed by atoms with Crippen molar-refractivity contribution in [3.8, 4) is 30.6 Å². The largest absolute Gasteiger partial charge is 0.173 e. The van der Waals surface area contributed by atoms with Crippen LogP contribution in [0.4, 0.5) is 0 Å². The van der Waals surface area contributed by atoms with E-state index in [4.69, 9.17) is 0 Å². The van der Waals surface area contributed by atoms with Crippen molar-refractivity contribution < 1.29 is 0 Å². The summed E-state index contributed by atoms with van der Waals surface area (Å²) in [6, 6.07) is 17.7. The van der Waals surface area contributed by atoms with Gasteiger partial charge >= 0.3 is 0 Å². The van der Waals surface area contributed by atoms with Gasteiger partial charge in [-0.3, -0.25) is 0 Å². The highest BCUT2D eigenvalue weighted by Gasteiger charge is 2.47. The Morgan fingerprint density at radius 1 is 0.636 bits per heavy atom. The summed E-state index contributed by atoms with van der Waals surface area (Å²) >= 11 is 6.46. The first kappa shape index (κ1) is 18.9. The third-order valence-corrected chi connectivity index (χ3v) is 10.8. The lowest BCUT2D eigenvalue weighted by Gasteiger charge is -2.24. The number of hydrogen-bond donors (Lipinski definition) is 0. The van der Waals surface area contributed by atoms with E-state index in [2.05, 4.69) is 66.0 Å². The number of thiophene rings is 2. The van der Waals surface area contributed by atoms with E-state index in [1.807, 2.05) is 22.7 Å². The Bertz CT molecular complexity index is 1580. The van der Waals surface area contributed by atoms with Gasteiger partial charge in [-0.25, -0.2) is 0 Å². The van der Waals surface area contributed by atoms with Crippen LogP contribution in [-0.4, -0.2) is 17.5 Å². The van der Waals surface area contributed by atoms with Gasteiger partial charge in [0.25, 0.3) is 0 Å². The quantitative estimate of drug-likeness (QED) is 0.242. The van der Waals surface area contributed by atoms with Crippen molar-refractivity contribution in [2.75, 3.05) is 0 Å². The predicted octanol–water partition coefficient (Wildman–Crippen LogP) is 7.99. The SMILES string of the molecule is c1cc(-c2cc3c(s2)-c2sc(-c4cccc5nsnc45)cc2C32CCCC2)c2nsnc2c1. The van der Waals surface area contributed by atoms with Crippen LogP contribution in [0.1, 0.15) is 36.8 Å². The second-order valence-electron chi connectivity index (χ2n) is 8.87. The number of rotatable bonds is 2. The summed E-state index contributed by atoms with van der Waals surface area (Å²) in [4.78, 5) is 5.55. The molecule has 1 spiro atoms. The molecule has 0 atom stereocenters. The van der Waals surface area contributed by atoms with Crippen LogP contribution < -0.4 is 0 Å². The molecular weight excluding hydrogens is 485 g/mol. The average molecular weight is 501 g/mol. The van der Waals surface area contributed by atoms with E-state index in [1.54, 1.807) is 11.1 Å². The van der Waals surface area contributed by atoms with E-state index >= 15 is 0 Å². The molecule has 2 aliphatic carbocycles. The maximum atomic E-state index is 4.61. The van der Waals surface area contributed by atoms with E-state index in [-0.39, 0.29) is 5.41 Å². The predicted molar refractivity (Wildman–Crippen MR) is 140 cm³/mol. The third kappa shape index (κ3) is 2.49. The highest BCUT2D eigenvalue weighted by Crippen LogP contribution is 2.63. The molecule has 0 amide bonds. The maximum Gasteiger partial charge on any atom is 0.113 e. The van der Waals surface area contributed by atoms with Gasteiger partial charge in [0.1, 0.15) is 22.1 Å². The summed E-state index contributed by atoms with van der Waals surface area (Å²) in [7, 11) is 0. The lowest BCUT2D eigenvalue weighted by atomic mass is 9.77. The van der Waals surface area contributed by atoms with Crippen LogP contribution in [0.5, 0.6) is 0 Å². The van der Waals surface area contributed by atoms with Gasteiger partial charge in [0.05, 0.1) is 23.5 Å². The molecular formula is C25H16N4S4. The second-order valence-corrected chi connectivity index (χ2v) is 12.0. The van der Waals surface area contributed by atoms with Gasteiger partial charge in [-0.1, -0.05) is 37.1 Å². The Morgan fingerprint density at radius 3 is 1.67 bits per heavy atom. The number of nitrogens with zero attached hydrogens (tertiary/aromatic N) is 4. The average Bonchev–Trinajstić information content (AvgIpc) is 3.67. The molecule has 6 aromatic rings. The third-order valence-electron chi connectivity index (χ3n) is 7.26. The zero-order valence-electron chi connectivity index (χ0n) is 17.4. The zero-order chi connectivity index (χ0) is 21.6. The molecule has 8 rings (SSSR count). The fraction of sp³-hybridized carbons (Fsp3) is 0.200. The van der Waals surface area contributed by atoms with Crippen molar-refractivity contribution in [3.63, 3.8) is 0 Å². The molecule has 2 aromatic carbocycles. The molecule has 0 aliphatic heterocycles. The first-order valence-electron chi connectivity index (χ1n) is 11.0. The summed E-state index contributed by atoms with van der Waals surface area (Å²) in [5.74, 6) is 0. The van der Waals surface area contributed by atoms with Crippen LogP contribution in [0.3, 0.4) is 0 Å². The van der Waals surface area contributed by atoms with Crippen molar-refractivity contribution >= 4 is 68.2 Å². The zero-order valence-corrected chi connectivity index (χ0v) is 20.6. The standard InChI is InChI=1S/C25H16N4S4/c1-2-10-25(9-1)15-11-19(13-5-3-7-17-21(13)28-32-26-17)30-23(15)24-16(25)12-20(31-24)14-6-4-8-18-22(14)29-33-27-18/h3-8,11-12H,1-2,9-10H2. The Kier molecular flexibility index (Phi) is 3.86. The van der Waals surface area contributed by atoms with Gasteiger partial charge in [-0.05, 0) is 48.2 Å². The van der Waals surface area contributed by atoms with Crippen molar-refractivity contribution in [1.29, 1.82) is 0 Å². The molecule has 0 radical (unpaired) electrons. The van der Waals surface area contributed by atoms with E-state index in [1.165, 1.54) is 79.8 Å². The van der Waals surface area contributed by atoms with Crippen LogP contribution in [0.25, 0.3) is 52.7 Å². The summed E-state index contributed by atoms with van der Waals surface area (Å²) in [6.45, 7) is 0. The van der Waals surface area contributed by atoms with Crippen LogP contribution in [0.15, 0.2) is 48.5 Å². The highest BCUT2D eigenvalue weighted by atomic mass is 32.1. The molecule has 2 aliphatic rings. The smallest absolute Gasteiger partial charge is 0.113 e. The minimum Gasteiger partial charge on any atom is -0.173 e. The molecule has 1 saturated carbocycles. The van der Waals surface area contributed by atoms with E-state index in [9.17, 15) is 0 Å². The Morgan fingerprint density at radius 2 is 1.15 bits per heavy atom. The molecule has 160 valence electrons. The fourth-order valence-electron chi connectivity index (χ4n) is 5.77. The van der Waals surface area contributed by atoms with E-state index in [0.717, 1.165) is 22.1 Å². The van der Waals surface area contributed by atoms with Crippen LogP contribution >= 0.6 is 46.1 Å². The molecule has 4 aromatic heterocycles. The number of fused-ring (bicyclic) bond motifs is 7. The fourth-order valence-corrected chi connectivity index (χ4v) is 9.59. The molecule has 0 unspecified atom stereocenters. The van der Waals surface area contributed by atoms with Crippen LogP contribution in [0, 0.1) is 0 Å². The molecule has 33 heavy (non-hydrogen) atoms. The lowest BCUT2D eigenvalue weighted by molar-refractivity contribution is 0.552. The van der Waals surface area contributed by atoms with Gasteiger partial charge in [0.2, 0.25) is 0 Å². The number of aromatic nitrogens is 4. The number of benzene rings is 2. The van der Waals surface area contributed by atoms with Gasteiger partial charge in [-0.2, -0.15) is 17.5 Å². The van der Waals surface area contributed by atoms with Crippen molar-refractivity contribution in [2.24, 2.45) is 0 Å². The Labute approximate surface area is 206 Å². The topological polar surface area (TPSA) is 51.6 Å². The summed E-state index contributed by atoms with van der Waals surface area (Å²) < 4.78 is 18.1. The van der Waals surface area contributed by atoms with Crippen molar-refractivity contribution in [3.05, 3.63) is 59.7 Å². The summed E-state index contributed by atoms with van der Waals surface area (Å²) in [5, 5.41) is 0. The molecule has 4 nitrogen and oxygen atoms in total. The molecule has 1 fully saturated rings. The summed E-state index contributed by atoms with van der Waals surface area (Å²) in [6.07, 6.45) is 5.08. The van der Waals surface area contributed by atoms with Crippen LogP contribution in [0.2, 0.25) is 0 Å². The Hall–Kier alpha value is -2.52. The molecule has 0 saturated heterocycles. The van der Waals surface area contributed by atoms with Gasteiger partial charge in [0, 0.05) is 36.1 Å². The van der Waals surface area contributed by atoms with Gasteiger partial charge < -0.3 is 0 Å². The summed E-state index contributed by atoms with van der Waals surface area (Å²) in [5.41, 5.74) is 9.71. The minimum atomic E-state index is 0.163.